The van der Waals surface area contributed by atoms with Gasteiger partial charge in [-0.25, -0.2) is 24.0 Å². The number of hydroxylamine groups is 2. The predicted octanol–water partition coefficient (Wildman–Crippen LogP) is 7.07. The van der Waals surface area contributed by atoms with Gasteiger partial charge in [-0.05, 0) is 82.6 Å². The van der Waals surface area contributed by atoms with Crippen LogP contribution < -0.4 is 27.0 Å². The third-order valence-electron chi connectivity index (χ3n) is 9.52. The monoisotopic (exact) mass is 1140 g/mol. The SMILES string of the molecule is COC(=O)C(CCCCNC(=O)ON(C)CCCCOC(C)(N)C(=O)NCCCCC(NC(=O)OC/C=C/C(F)(F)C(F)(F)C(F)(F)C(F)(F)F)C(=O)OC)NC(=O)OC/C=C/C(F)(F)C(F)(F)C(F)(F)C(F)(F)F. The van der Waals surface area contributed by atoms with E-state index in [2.05, 4.69) is 29.6 Å². The molecule has 0 aliphatic carbocycles. The first kappa shape index (κ1) is 69.3. The van der Waals surface area contributed by atoms with Crippen molar-refractivity contribution in [3.05, 3.63) is 24.3 Å². The molecule has 0 aliphatic heterocycles. The summed E-state index contributed by atoms with van der Waals surface area (Å²) in [5, 5.41) is 9.85. The Morgan fingerprint density at radius 2 is 0.933 bits per heavy atom. The van der Waals surface area contributed by atoms with Crippen molar-refractivity contribution in [2.24, 2.45) is 5.73 Å². The number of nitrogens with one attached hydrogen (secondary N) is 4. The van der Waals surface area contributed by atoms with E-state index in [1.165, 1.54) is 14.0 Å². The van der Waals surface area contributed by atoms with E-state index in [0.29, 0.717) is 6.42 Å². The first-order valence-electron chi connectivity index (χ1n) is 21.3. The molecule has 0 rings (SSSR count). The highest BCUT2D eigenvalue weighted by atomic mass is 19.4. The van der Waals surface area contributed by atoms with Crippen molar-refractivity contribution in [1.29, 1.82) is 0 Å². The summed E-state index contributed by atoms with van der Waals surface area (Å²) in [5.41, 5.74) is 4.06. The van der Waals surface area contributed by atoms with E-state index in [0.717, 1.165) is 19.3 Å². The van der Waals surface area contributed by atoms with Gasteiger partial charge in [0, 0.05) is 33.3 Å². The lowest BCUT2D eigenvalue weighted by atomic mass is 10.0. The average Bonchev–Trinajstić information content (AvgIpc) is 3.28. The highest BCUT2D eigenvalue weighted by Crippen LogP contribution is 2.54. The second-order valence-corrected chi connectivity index (χ2v) is 15.5. The Kier molecular flexibility index (Phi) is 26.8. The third-order valence-corrected chi connectivity index (χ3v) is 9.52. The molecule has 0 spiro atoms. The quantitative estimate of drug-likeness (QED) is 0.00862. The third kappa shape index (κ3) is 21.1. The molecule has 436 valence electrons. The number of nitrogens with zero attached hydrogens (tertiary/aromatic N) is 1. The molecule has 0 radical (unpaired) electrons. The number of carbonyl (C=O) groups excluding carboxylic acids is 6. The van der Waals surface area contributed by atoms with Crippen molar-refractivity contribution in [3.63, 3.8) is 0 Å². The van der Waals surface area contributed by atoms with Crippen molar-refractivity contribution >= 4 is 36.1 Å². The number of methoxy groups -OCH3 is 2. The number of hydrogen-bond donors (Lipinski definition) is 5. The van der Waals surface area contributed by atoms with Crippen LogP contribution in [-0.4, -0.2) is 168 Å². The van der Waals surface area contributed by atoms with Crippen LogP contribution in [0, 0.1) is 0 Å². The van der Waals surface area contributed by atoms with E-state index in [4.69, 9.17) is 15.3 Å². The lowest BCUT2D eigenvalue weighted by Crippen LogP contribution is -2.60. The predicted molar refractivity (Wildman–Crippen MR) is 216 cm³/mol. The van der Waals surface area contributed by atoms with Gasteiger partial charge in [0.1, 0.15) is 25.3 Å². The Balaban J connectivity index is 4.65. The standard InChI is InChI=1S/C39H52F18N6O12/c1-31(58,27(66)59-17-7-5-13-23(25(64)70-3)61-29(68)72-20-11-15-32(40,41)34(44,45)36(48,49)38(52,53)54)74-22-10-9-19-63(2)75-28(67)60-18-8-6-14-24(26(65)71-4)62-30(69)73-21-12-16-33(42,43)35(46,47)37(50,51)39(55,56)57/h11-12,15-16,23-24H,5-10,13-14,17-22,58H2,1-4H3,(H,59,66)(H,60,67)(H,61,68)(H,62,69)/b15-11+,16-12+. The summed E-state index contributed by atoms with van der Waals surface area (Å²) in [5.74, 6) is -43.1. The minimum absolute atomic E-state index is 0.0547. The van der Waals surface area contributed by atoms with Gasteiger partial charge in [-0.1, -0.05) is 0 Å². The Labute approximate surface area is 413 Å². The number of alkyl halides is 18. The van der Waals surface area contributed by atoms with Gasteiger partial charge >= 0.3 is 78.1 Å². The summed E-state index contributed by atoms with van der Waals surface area (Å²) in [6, 6.07) is -2.94. The maximum Gasteiger partial charge on any atom is 0.460 e. The van der Waals surface area contributed by atoms with Gasteiger partial charge in [0.15, 0.2) is 5.72 Å². The first-order chi connectivity index (χ1) is 34.1. The van der Waals surface area contributed by atoms with Gasteiger partial charge in [-0.2, -0.15) is 79.0 Å². The van der Waals surface area contributed by atoms with Crippen LogP contribution >= 0.6 is 0 Å². The van der Waals surface area contributed by atoms with Gasteiger partial charge < -0.3 is 49.8 Å². The molecule has 0 heterocycles. The molecule has 3 atom stereocenters. The molecule has 0 aromatic heterocycles. The number of rotatable bonds is 32. The largest absolute Gasteiger partial charge is 0.467 e. The molecule has 0 aromatic carbocycles. The number of nitrogens with two attached hydrogens (primary N) is 1. The number of carbonyl (C=O) groups is 6. The Bertz CT molecular complexity index is 1930. The summed E-state index contributed by atoms with van der Waals surface area (Å²) >= 11 is 0. The molecule has 4 amide bonds. The van der Waals surface area contributed by atoms with Crippen LogP contribution in [0.15, 0.2) is 24.3 Å². The molecule has 75 heavy (non-hydrogen) atoms. The number of alkyl carbamates (subject to hydrolysis) is 2. The molecule has 0 saturated carbocycles. The Morgan fingerprint density at radius 3 is 1.31 bits per heavy atom. The summed E-state index contributed by atoms with van der Waals surface area (Å²) in [6.07, 6.45) is -19.8. The van der Waals surface area contributed by atoms with Crippen molar-refractivity contribution in [1.82, 2.24) is 26.3 Å². The molecule has 0 bridgehead atoms. The van der Waals surface area contributed by atoms with Crippen LogP contribution in [0.2, 0.25) is 0 Å². The fourth-order valence-corrected chi connectivity index (χ4v) is 5.29. The molecular weight excluding hydrogens is 1090 g/mol. The van der Waals surface area contributed by atoms with Crippen LogP contribution in [0.1, 0.15) is 58.3 Å². The molecule has 0 saturated heterocycles. The average molecular weight is 1140 g/mol. The van der Waals surface area contributed by atoms with Crippen LogP contribution in [-0.2, 0) is 42.9 Å². The highest BCUT2D eigenvalue weighted by Gasteiger charge is 2.82. The van der Waals surface area contributed by atoms with Gasteiger partial charge in [0.2, 0.25) is 0 Å². The molecule has 6 N–H and O–H groups in total. The Hall–Kier alpha value is -5.68. The van der Waals surface area contributed by atoms with E-state index in [1.807, 2.05) is 10.6 Å². The van der Waals surface area contributed by atoms with Gasteiger partial charge in [0.25, 0.3) is 5.91 Å². The number of amides is 4. The number of allylic oxidation sites excluding steroid dienone is 2. The zero-order chi connectivity index (χ0) is 58.5. The van der Waals surface area contributed by atoms with Gasteiger partial charge in [-0.3, -0.25) is 10.5 Å². The van der Waals surface area contributed by atoms with Crippen molar-refractivity contribution in [2.75, 3.05) is 60.7 Å². The maximum absolute atomic E-state index is 13.6. The van der Waals surface area contributed by atoms with Crippen LogP contribution in [0.5, 0.6) is 0 Å². The molecule has 3 unspecified atom stereocenters. The maximum atomic E-state index is 13.6. The van der Waals surface area contributed by atoms with Crippen molar-refractivity contribution in [2.45, 2.75) is 124 Å². The second kappa shape index (κ2) is 29.0. The fourth-order valence-electron chi connectivity index (χ4n) is 5.29. The van der Waals surface area contributed by atoms with E-state index in [1.54, 1.807) is 0 Å². The number of unbranched alkanes of at least 4 members (excludes halogenated alkanes) is 3. The summed E-state index contributed by atoms with van der Waals surface area (Å²) in [4.78, 5) is 77.9. The van der Waals surface area contributed by atoms with Crippen molar-refractivity contribution < 1.29 is 136 Å². The van der Waals surface area contributed by atoms with Crippen LogP contribution in [0.25, 0.3) is 0 Å². The summed E-state index contributed by atoms with van der Waals surface area (Å²) in [6.45, 7) is -1.52. The second-order valence-electron chi connectivity index (χ2n) is 15.5. The van der Waals surface area contributed by atoms with Gasteiger partial charge in [0.05, 0.1) is 14.2 Å². The smallest absolute Gasteiger partial charge is 0.460 e. The molecule has 0 aromatic rings. The number of hydrogen-bond acceptors (Lipinski definition) is 14. The normalized spacial score (nSPS) is 14.9. The topological polar surface area (TPSA) is 235 Å². The molecule has 0 fully saturated rings. The van der Waals surface area contributed by atoms with E-state index >= 15 is 0 Å². The molecule has 18 nitrogen and oxygen atoms in total. The first-order valence-corrected chi connectivity index (χ1v) is 21.3. The van der Waals surface area contributed by atoms with E-state index < -0.39 is 127 Å². The minimum atomic E-state index is -7.13. The molecule has 36 heteroatoms. The zero-order valence-electron chi connectivity index (χ0n) is 39.6. The van der Waals surface area contributed by atoms with Gasteiger partial charge in [-0.15, -0.1) is 5.06 Å². The Morgan fingerprint density at radius 1 is 0.547 bits per heavy atom. The van der Waals surface area contributed by atoms with Crippen molar-refractivity contribution in [3.8, 4) is 0 Å². The molecule has 0 aliphatic rings. The number of ether oxygens (including phenoxy) is 5. The van der Waals surface area contributed by atoms with E-state index in [9.17, 15) is 108 Å². The van der Waals surface area contributed by atoms with E-state index in [-0.39, 0.29) is 83.3 Å². The van der Waals surface area contributed by atoms with Crippen LogP contribution in [0.4, 0.5) is 93.4 Å². The zero-order valence-corrected chi connectivity index (χ0v) is 39.6. The number of halogens is 18. The lowest BCUT2D eigenvalue weighted by Gasteiger charge is -2.32. The summed E-state index contributed by atoms with van der Waals surface area (Å²) in [7, 11) is 3.20. The fraction of sp³-hybridized carbons (Fsp3) is 0.744. The summed E-state index contributed by atoms with van der Waals surface area (Å²) < 4.78 is 256. The van der Waals surface area contributed by atoms with Crippen LogP contribution in [0.3, 0.4) is 0 Å². The highest BCUT2D eigenvalue weighted by molar-refractivity contribution is 5.84. The lowest BCUT2D eigenvalue weighted by molar-refractivity contribution is -0.388. The minimum Gasteiger partial charge on any atom is -0.467 e. The number of esters is 2. The molecular formula is C39H52F18N6O12.